The van der Waals surface area contributed by atoms with Gasteiger partial charge >= 0.3 is 0 Å². The van der Waals surface area contributed by atoms with Crippen LogP contribution in [-0.4, -0.2) is 28.3 Å². The summed E-state index contributed by atoms with van der Waals surface area (Å²) in [6.07, 6.45) is 6.42. The van der Waals surface area contributed by atoms with E-state index in [-0.39, 0.29) is 5.54 Å². The van der Waals surface area contributed by atoms with Gasteiger partial charge in [-0.15, -0.1) is 0 Å². The Morgan fingerprint density at radius 2 is 2.10 bits per heavy atom. The molecule has 0 aliphatic carbocycles. The number of hydrogen-bond donors (Lipinski definition) is 2. The molecule has 0 amide bonds. The van der Waals surface area contributed by atoms with Crippen molar-refractivity contribution in [2.24, 2.45) is 0 Å². The molecular formula is C16H26N4O. The molecule has 0 unspecified atom stereocenters. The van der Waals surface area contributed by atoms with Crippen molar-refractivity contribution >= 4 is 17.8 Å². The lowest BCUT2D eigenvalue weighted by atomic mass is 10.1. The number of carbonyl (C=O) groups excluding carboxylic acids is 1. The summed E-state index contributed by atoms with van der Waals surface area (Å²) < 4.78 is 0. The van der Waals surface area contributed by atoms with Crippen molar-refractivity contribution in [1.82, 2.24) is 9.97 Å². The number of fused-ring (bicyclic) bond motifs is 1. The van der Waals surface area contributed by atoms with Crippen molar-refractivity contribution in [2.75, 3.05) is 17.2 Å². The van der Waals surface area contributed by atoms with Crippen molar-refractivity contribution < 1.29 is 4.79 Å². The van der Waals surface area contributed by atoms with Crippen molar-refractivity contribution in [3.8, 4) is 0 Å². The van der Waals surface area contributed by atoms with Crippen LogP contribution in [0.5, 0.6) is 0 Å². The van der Waals surface area contributed by atoms with Crippen LogP contribution in [0, 0.1) is 0 Å². The first-order valence-electron chi connectivity index (χ1n) is 7.85. The summed E-state index contributed by atoms with van der Waals surface area (Å²) in [5.41, 5.74) is 2.15. The molecule has 2 heterocycles. The lowest BCUT2D eigenvalue weighted by Crippen LogP contribution is -2.29. The fourth-order valence-electron chi connectivity index (χ4n) is 2.46. The maximum Gasteiger partial charge on any atom is 0.153 e. The molecule has 0 saturated carbocycles. The minimum Gasteiger partial charge on any atom is -0.381 e. The Hall–Kier alpha value is -1.65. The quantitative estimate of drug-likeness (QED) is 0.623. The second-order valence-corrected chi connectivity index (χ2v) is 6.63. The number of aromatic nitrogens is 2. The highest BCUT2D eigenvalue weighted by Gasteiger charge is 2.20. The van der Waals surface area contributed by atoms with Crippen molar-refractivity contribution in [2.45, 2.75) is 64.8 Å². The maximum atomic E-state index is 10.4. The van der Waals surface area contributed by atoms with E-state index in [1.807, 2.05) is 0 Å². The van der Waals surface area contributed by atoms with Gasteiger partial charge in [0.2, 0.25) is 0 Å². The minimum atomic E-state index is -0.0317. The van der Waals surface area contributed by atoms with Gasteiger partial charge in [0.25, 0.3) is 0 Å². The molecule has 2 N–H and O–H groups in total. The summed E-state index contributed by atoms with van der Waals surface area (Å²) in [4.78, 5) is 19.8. The lowest BCUT2D eigenvalue weighted by Gasteiger charge is -2.27. The molecule has 1 aromatic rings. The third-order valence-electron chi connectivity index (χ3n) is 3.39. The maximum absolute atomic E-state index is 10.4. The molecule has 5 nitrogen and oxygen atoms in total. The normalized spacial score (nSPS) is 14.2. The fraction of sp³-hybridized carbons (Fsp3) is 0.688. The number of anilines is 2. The number of unbranched alkanes of at least 4 members (excludes halogenated alkanes) is 2. The average molecular weight is 290 g/mol. The third kappa shape index (κ3) is 4.69. The average Bonchev–Trinajstić information content (AvgIpc) is 2.42. The van der Waals surface area contributed by atoms with Crippen LogP contribution in [0.15, 0.2) is 0 Å². The van der Waals surface area contributed by atoms with E-state index < -0.39 is 0 Å². The molecule has 0 aromatic carbocycles. The van der Waals surface area contributed by atoms with E-state index in [1.165, 1.54) is 0 Å². The van der Waals surface area contributed by atoms with Gasteiger partial charge in [-0.2, -0.15) is 0 Å². The third-order valence-corrected chi connectivity index (χ3v) is 3.39. The highest BCUT2D eigenvalue weighted by molar-refractivity contribution is 5.68. The monoisotopic (exact) mass is 290 g/mol. The van der Waals surface area contributed by atoms with Crippen LogP contribution < -0.4 is 10.6 Å². The second-order valence-electron chi connectivity index (χ2n) is 6.63. The zero-order valence-electron chi connectivity index (χ0n) is 13.3. The molecule has 5 heteroatoms. The summed E-state index contributed by atoms with van der Waals surface area (Å²) in [5, 5.41) is 6.91. The van der Waals surface area contributed by atoms with Gasteiger partial charge < -0.3 is 15.4 Å². The number of nitrogens with one attached hydrogen (secondary N) is 2. The largest absolute Gasteiger partial charge is 0.381 e. The zero-order valence-corrected chi connectivity index (χ0v) is 13.3. The molecule has 1 aliphatic heterocycles. The lowest BCUT2D eigenvalue weighted by molar-refractivity contribution is -0.107. The van der Waals surface area contributed by atoms with Crippen molar-refractivity contribution in [3.63, 3.8) is 0 Å². The Morgan fingerprint density at radius 3 is 2.81 bits per heavy atom. The van der Waals surface area contributed by atoms with Crippen LogP contribution in [-0.2, 0) is 17.6 Å². The van der Waals surface area contributed by atoms with Crippen LogP contribution in [0.2, 0.25) is 0 Å². The number of hydrogen-bond acceptors (Lipinski definition) is 5. The molecule has 2 rings (SSSR count). The highest BCUT2D eigenvalue weighted by Crippen LogP contribution is 2.29. The number of aldehydes is 1. The molecule has 0 atom stereocenters. The number of rotatable bonds is 6. The van der Waals surface area contributed by atoms with E-state index in [0.29, 0.717) is 6.42 Å². The smallest absolute Gasteiger partial charge is 0.153 e. The van der Waals surface area contributed by atoms with Gasteiger partial charge in [0.15, 0.2) is 5.82 Å². The zero-order chi connectivity index (χ0) is 15.3. The van der Waals surface area contributed by atoms with E-state index in [9.17, 15) is 4.79 Å². The Labute approximate surface area is 127 Å². The second kappa shape index (κ2) is 6.87. The van der Waals surface area contributed by atoms with Crippen molar-refractivity contribution in [1.29, 1.82) is 0 Å². The predicted octanol–water partition coefficient (Wildman–Crippen LogP) is 2.96. The number of aryl methyl sites for hydroxylation is 2. The Bertz CT molecular complexity index is 494. The van der Waals surface area contributed by atoms with Gasteiger partial charge in [0.05, 0.1) is 11.4 Å². The number of nitrogens with zero attached hydrogens (tertiary/aromatic N) is 2. The summed E-state index contributed by atoms with van der Waals surface area (Å²) in [6.45, 7) is 7.38. The Kier molecular flexibility index (Phi) is 5.15. The first-order valence-corrected chi connectivity index (χ1v) is 7.85. The van der Waals surface area contributed by atoms with E-state index in [1.54, 1.807) is 0 Å². The van der Waals surface area contributed by atoms with Gasteiger partial charge in [-0.05, 0) is 46.5 Å². The fourth-order valence-corrected chi connectivity index (χ4v) is 2.46. The Morgan fingerprint density at radius 1 is 1.29 bits per heavy atom. The van der Waals surface area contributed by atoms with E-state index in [4.69, 9.17) is 9.97 Å². The molecule has 0 saturated heterocycles. The van der Waals surface area contributed by atoms with Gasteiger partial charge in [-0.3, -0.25) is 0 Å². The molecule has 116 valence electrons. The van der Waals surface area contributed by atoms with E-state index >= 15 is 0 Å². The summed E-state index contributed by atoms with van der Waals surface area (Å²) in [5.74, 6) is 1.80. The predicted molar refractivity (Wildman–Crippen MR) is 85.8 cm³/mol. The summed E-state index contributed by atoms with van der Waals surface area (Å²) in [7, 11) is 0. The SMILES string of the molecule is CC(C)(C)Nc1nc(CCCCC=O)nc2c1NCCC2. The molecule has 0 fully saturated rings. The molecule has 21 heavy (non-hydrogen) atoms. The molecule has 0 radical (unpaired) electrons. The van der Waals surface area contributed by atoms with Crippen LogP contribution in [0.4, 0.5) is 11.5 Å². The van der Waals surface area contributed by atoms with E-state index in [0.717, 1.165) is 68.0 Å². The summed E-state index contributed by atoms with van der Waals surface area (Å²) in [6, 6.07) is 0. The first kappa shape index (κ1) is 15.7. The Balaban J connectivity index is 2.18. The highest BCUT2D eigenvalue weighted by atomic mass is 16.1. The number of carbonyl (C=O) groups is 1. The molecule has 1 aromatic heterocycles. The first-order chi connectivity index (χ1) is 9.99. The van der Waals surface area contributed by atoms with Gasteiger partial charge in [-0.1, -0.05) is 0 Å². The van der Waals surface area contributed by atoms with Crippen LogP contribution in [0.25, 0.3) is 0 Å². The molecule has 0 spiro atoms. The topological polar surface area (TPSA) is 66.9 Å². The van der Waals surface area contributed by atoms with Gasteiger partial charge in [-0.25, -0.2) is 9.97 Å². The molecule has 0 bridgehead atoms. The molecular weight excluding hydrogens is 264 g/mol. The van der Waals surface area contributed by atoms with Gasteiger partial charge in [0.1, 0.15) is 12.1 Å². The van der Waals surface area contributed by atoms with Gasteiger partial charge in [0, 0.05) is 24.9 Å². The standard InChI is InChI=1S/C16H26N4O/c1-16(2,3)20-15-14-12(8-7-10-17-14)18-13(19-15)9-5-4-6-11-21/h11,17H,4-10H2,1-3H3,(H,18,19,20). The van der Waals surface area contributed by atoms with Crippen molar-refractivity contribution in [3.05, 3.63) is 11.5 Å². The minimum absolute atomic E-state index is 0.0317. The van der Waals surface area contributed by atoms with E-state index in [2.05, 4.69) is 31.4 Å². The summed E-state index contributed by atoms with van der Waals surface area (Å²) >= 11 is 0. The van der Waals surface area contributed by atoms with Crippen LogP contribution in [0.3, 0.4) is 0 Å². The van der Waals surface area contributed by atoms with Crippen LogP contribution in [0.1, 0.15) is 58.0 Å². The van der Waals surface area contributed by atoms with Crippen LogP contribution >= 0.6 is 0 Å². The molecule has 1 aliphatic rings.